The molecule has 0 aromatic heterocycles. The van der Waals surface area contributed by atoms with Gasteiger partial charge >= 0.3 is 5.97 Å². The quantitative estimate of drug-likeness (QED) is 0.608. The molecule has 1 rings (SSSR count). The smallest absolute Gasteiger partial charge is 0.319 e. The average molecular weight is 271 g/mol. The highest BCUT2D eigenvalue weighted by molar-refractivity contribution is 5.98. The molecule has 1 fully saturated rings. The Labute approximate surface area is 115 Å². The SMILES string of the molecule is CCOC(=O)C(C(=O)NC1CC(OC)C1)C(C)(C)C. The average Bonchev–Trinajstić information content (AvgIpc) is 2.21. The van der Waals surface area contributed by atoms with E-state index in [1.807, 2.05) is 20.8 Å². The molecule has 0 bridgehead atoms. The van der Waals surface area contributed by atoms with Crippen molar-refractivity contribution in [3.05, 3.63) is 0 Å². The molecule has 0 aliphatic heterocycles. The highest BCUT2D eigenvalue weighted by Crippen LogP contribution is 2.29. The molecule has 1 saturated carbocycles. The van der Waals surface area contributed by atoms with Crippen LogP contribution in [0.5, 0.6) is 0 Å². The molecule has 5 heteroatoms. The molecule has 0 aromatic rings. The Morgan fingerprint density at radius 2 is 1.89 bits per heavy atom. The lowest BCUT2D eigenvalue weighted by molar-refractivity contribution is -0.157. The molecule has 5 nitrogen and oxygen atoms in total. The van der Waals surface area contributed by atoms with Crippen LogP contribution in [0.1, 0.15) is 40.5 Å². The van der Waals surface area contributed by atoms with Crippen LogP contribution in [0.15, 0.2) is 0 Å². The molecule has 1 aliphatic rings. The highest BCUT2D eigenvalue weighted by Gasteiger charge is 2.41. The summed E-state index contributed by atoms with van der Waals surface area (Å²) in [4.78, 5) is 24.2. The lowest BCUT2D eigenvalue weighted by atomic mass is 9.79. The number of esters is 1. The first-order valence-corrected chi connectivity index (χ1v) is 6.79. The third kappa shape index (κ3) is 4.20. The van der Waals surface area contributed by atoms with E-state index in [9.17, 15) is 9.59 Å². The second kappa shape index (κ2) is 6.37. The maximum Gasteiger partial charge on any atom is 0.319 e. The fraction of sp³-hybridized carbons (Fsp3) is 0.857. The summed E-state index contributed by atoms with van der Waals surface area (Å²) in [5.74, 6) is -1.46. The maximum atomic E-state index is 12.3. The zero-order chi connectivity index (χ0) is 14.6. The fourth-order valence-electron chi connectivity index (χ4n) is 2.24. The van der Waals surface area contributed by atoms with E-state index in [2.05, 4.69) is 5.32 Å². The molecule has 1 aliphatic carbocycles. The van der Waals surface area contributed by atoms with Gasteiger partial charge in [-0.3, -0.25) is 9.59 Å². The van der Waals surface area contributed by atoms with Gasteiger partial charge in [-0.2, -0.15) is 0 Å². The summed E-state index contributed by atoms with van der Waals surface area (Å²) < 4.78 is 10.2. The molecule has 1 atom stereocenters. The summed E-state index contributed by atoms with van der Waals surface area (Å²) in [6, 6.07) is 0.108. The van der Waals surface area contributed by atoms with Crippen LogP contribution in [0.25, 0.3) is 0 Å². The number of carbonyl (C=O) groups excluding carboxylic acids is 2. The first-order valence-electron chi connectivity index (χ1n) is 6.79. The molecule has 0 radical (unpaired) electrons. The van der Waals surface area contributed by atoms with E-state index in [4.69, 9.17) is 9.47 Å². The van der Waals surface area contributed by atoms with Gasteiger partial charge in [-0.1, -0.05) is 20.8 Å². The Morgan fingerprint density at radius 3 is 2.32 bits per heavy atom. The van der Waals surface area contributed by atoms with Gasteiger partial charge in [0.1, 0.15) is 5.92 Å². The minimum absolute atomic E-state index is 0.108. The topological polar surface area (TPSA) is 64.6 Å². The first-order chi connectivity index (χ1) is 8.79. The molecule has 19 heavy (non-hydrogen) atoms. The molecule has 0 aromatic carbocycles. The van der Waals surface area contributed by atoms with Crippen molar-refractivity contribution in [2.24, 2.45) is 11.3 Å². The summed E-state index contributed by atoms with van der Waals surface area (Å²) in [5.41, 5.74) is -0.458. The molecule has 110 valence electrons. The minimum Gasteiger partial charge on any atom is -0.465 e. The van der Waals surface area contributed by atoms with Crippen LogP contribution in [0.2, 0.25) is 0 Å². The van der Waals surface area contributed by atoms with E-state index in [0.29, 0.717) is 0 Å². The van der Waals surface area contributed by atoms with Gasteiger partial charge in [0.05, 0.1) is 12.7 Å². The predicted molar refractivity (Wildman–Crippen MR) is 71.5 cm³/mol. The third-order valence-corrected chi connectivity index (χ3v) is 3.43. The zero-order valence-electron chi connectivity index (χ0n) is 12.5. The summed E-state index contributed by atoms with van der Waals surface area (Å²) in [6.45, 7) is 7.63. The minimum atomic E-state index is -0.769. The molecule has 1 unspecified atom stereocenters. The molecule has 0 heterocycles. The standard InChI is InChI=1S/C14H25NO4/c1-6-19-13(17)11(14(2,3)4)12(16)15-9-7-10(8-9)18-5/h9-11H,6-8H2,1-5H3,(H,15,16). The van der Waals surface area contributed by atoms with Gasteiger partial charge in [-0.25, -0.2) is 0 Å². The van der Waals surface area contributed by atoms with E-state index in [0.717, 1.165) is 12.8 Å². The Balaban J connectivity index is 2.60. The number of carbonyl (C=O) groups is 2. The van der Waals surface area contributed by atoms with Crippen LogP contribution in [0.4, 0.5) is 0 Å². The normalized spacial score (nSPS) is 24.3. The van der Waals surface area contributed by atoms with Crippen LogP contribution in [0, 0.1) is 11.3 Å². The number of rotatable bonds is 5. The number of hydrogen-bond donors (Lipinski definition) is 1. The van der Waals surface area contributed by atoms with E-state index in [-0.39, 0.29) is 24.7 Å². The molecular weight excluding hydrogens is 246 g/mol. The Bertz CT molecular complexity index is 329. The second-order valence-corrected chi connectivity index (χ2v) is 6.09. The van der Waals surface area contributed by atoms with Crippen molar-refractivity contribution in [3.8, 4) is 0 Å². The van der Waals surface area contributed by atoms with Crippen molar-refractivity contribution in [2.75, 3.05) is 13.7 Å². The van der Waals surface area contributed by atoms with Crippen LogP contribution < -0.4 is 5.32 Å². The van der Waals surface area contributed by atoms with E-state index in [1.54, 1.807) is 14.0 Å². The number of nitrogens with one attached hydrogen (secondary N) is 1. The van der Waals surface area contributed by atoms with Gasteiger partial charge in [0, 0.05) is 13.2 Å². The van der Waals surface area contributed by atoms with Crippen molar-refractivity contribution >= 4 is 11.9 Å². The van der Waals surface area contributed by atoms with Gasteiger partial charge in [0.25, 0.3) is 0 Å². The highest BCUT2D eigenvalue weighted by atomic mass is 16.5. The summed E-state index contributed by atoms with van der Waals surface area (Å²) in [5, 5.41) is 2.91. The number of ether oxygens (including phenoxy) is 2. The van der Waals surface area contributed by atoms with Gasteiger partial charge in [-0.15, -0.1) is 0 Å². The van der Waals surface area contributed by atoms with E-state index >= 15 is 0 Å². The van der Waals surface area contributed by atoms with Crippen LogP contribution in [-0.2, 0) is 19.1 Å². The van der Waals surface area contributed by atoms with Crippen molar-refractivity contribution in [1.29, 1.82) is 0 Å². The van der Waals surface area contributed by atoms with Gasteiger partial charge < -0.3 is 14.8 Å². The molecule has 1 amide bonds. The molecule has 1 N–H and O–H groups in total. The van der Waals surface area contributed by atoms with E-state index in [1.165, 1.54) is 0 Å². The predicted octanol–water partition coefficient (Wildman–Crippen LogP) is 1.51. The number of amides is 1. The lowest BCUT2D eigenvalue weighted by Gasteiger charge is -2.36. The van der Waals surface area contributed by atoms with Crippen molar-refractivity contribution in [1.82, 2.24) is 5.32 Å². The van der Waals surface area contributed by atoms with Crippen molar-refractivity contribution in [2.45, 2.75) is 52.7 Å². The molecular formula is C14H25NO4. The van der Waals surface area contributed by atoms with E-state index < -0.39 is 17.3 Å². The number of hydrogen-bond acceptors (Lipinski definition) is 4. The Kier molecular flexibility index (Phi) is 5.35. The molecule has 0 saturated heterocycles. The second-order valence-electron chi connectivity index (χ2n) is 6.09. The monoisotopic (exact) mass is 271 g/mol. The van der Waals surface area contributed by atoms with Gasteiger partial charge in [-0.05, 0) is 25.2 Å². The lowest BCUT2D eigenvalue weighted by Crippen LogP contribution is -2.52. The summed E-state index contributed by atoms with van der Waals surface area (Å²) in [6.07, 6.45) is 1.84. The van der Waals surface area contributed by atoms with Crippen molar-refractivity contribution in [3.63, 3.8) is 0 Å². The Morgan fingerprint density at radius 1 is 1.32 bits per heavy atom. The largest absolute Gasteiger partial charge is 0.465 e. The van der Waals surface area contributed by atoms with Crippen molar-refractivity contribution < 1.29 is 19.1 Å². The Hall–Kier alpha value is -1.10. The van der Waals surface area contributed by atoms with Gasteiger partial charge in [0.2, 0.25) is 5.91 Å². The maximum absolute atomic E-state index is 12.3. The third-order valence-electron chi connectivity index (χ3n) is 3.43. The fourth-order valence-corrected chi connectivity index (χ4v) is 2.24. The first kappa shape index (κ1) is 16.0. The summed E-state index contributed by atoms with van der Waals surface area (Å²) >= 11 is 0. The molecule has 0 spiro atoms. The van der Waals surface area contributed by atoms with Crippen LogP contribution in [-0.4, -0.2) is 37.7 Å². The summed E-state index contributed by atoms with van der Waals surface area (Å²) in [7, 11) is 1.67. The zero-order valence-corrected chi connectivity index (χ0v) is 12.5. The number of methoxy groups -OCH3 is 1. The van der Waals surface area contributed by atoms with Gasteiger partial charge in [0.15, 0.2) is 0 Å². The van der Waals surface area contributed by atoms with Crippen LogP contribution in [0.3, 0.4) is 0 Å². The van der Waals surface area contributed by atoms with Crippen LogP contribution >= 0.6 is 0 Å².